The SMILES string of the molecule is CCOC(=O)C1=C(C)N=c2s/c(=C/c3cc(Br)cc(OC)c3OCc3ccc(Cl)cc3Cl)c(=O)n2[C@H]1c1ccc(OC(C)C)c(OC)c1. The molecule has 1 aromatic heterocycles. The van der Waals surface area contributed by atoms with Crippen LogP contribution < -0.4 is 33.8 Å². The predicted molar refractivity (Wildman–Crippen MR) is 191 cm³/mol. The van der Waals surface area contributed by atoms with Gasteiger partial charge in [0.2, 0.25) is 0 Å². The summed E-state index contributed by atoms with van der Waals surface area (Å²) in [4.78, 5) is 32.8. The van der Waals surface area contributed by atoms with Crippen LogP contribution in [0.2, 0.25) is 10.0 Å². The van der Waals surface area contributed by atoms with Crippen molar-refractivity contribution >= 4 is 62.5 Å². The van der Waals surface area contributed by atoms with Crippen molar-refractivity contribution in [3.63, 3.8) is 0 Å². The summed E-state index contributed by atoms with van der Waals surface area (Å²) in [5.74, 6) is 1.29. The van der Waals surface area contributed by atoms with Gasteiger partial charge in [0.15, 0.2) is 27.8 Å². The number of fused-ring (bicyclic) bond motifs is 1. The summed E-state index contributed by atoms with van der Waals surface area (Å²) >= 11 is 17.2. The standard InChI is InChI=1S/C35H33BrCl2N2O7S/c1-7-45-34(42)30-19(4)39-35-40(31(30)20-9-11-26(47-18(2)3)27(13-20)43-5)33(41)29(48-35)14-22-12-23(36)15-28(44-6)32(22)46-17-21-8-10-24(37)16-25(21)38/h8-16,18,31H,7,17H2,1-6H3/b29-14+/t31-/m0/s1. The molecule has 0 saturated carbocycles. The van der Waals surface area contributed by atoms with Crippen LogP contribution in [0.1, 0.15) is 50.4 Å². The van der Waals surface area contributed by atoms with Crippen molar-refractivity contribution < 1.29 is 28.5 Å². The second-order valence-corrected chi connectivity index (χ2v) is 13.7. The van der Waals surface area contributed by atoms with Gasteiger partial charge < -0.3 is 23.7 Å². The number of carbonyl (C=O) groups excluding carboxylic acids is 1. The van der Waals surface area contributed by atoms with Crippen molar-refractivity contribution in [3.8, 4) is 23.0 Å². The number of allylic oxidation sites excluding steroid dienone is 1. The summed E-state index contributed by atoms with van der Waals surface area (Å²) in [7, 11) is 3.07. The zero-order valence-corrected chi connectivity index (χ0v) is 31.0. The van der Waals surface area contributed by atoms with E-state index in [9.17, 15) is 9.59 Å². The fourth-order valence-corrected chi connectivity index (χ4v) is 7.20. The number of hydrogen-bond donors (Lipinski definition) is 0. The van der Waals surface area contributed by atoms with Crippen LogP contribution in [-0.2, 0) is 16.1 Å². The van der Waals surface area contributed by atoms with Crippen molar-refractivity contribution in [3.05, 3.63) is 111 Å². The van der Waals surface area contributed by atoms with Crippen molar-refractivity contribution in [1.82, 2.24) is 4.57 Å². The highest BCUT2D eigenvalue weighted by molar-refractivity contribution is 9.10. The summed E-state index contributed by atoms with van der Waals surface area (Å²) in [6.07, 6.45) is 1.63. The molecule has 0 spiro atoms. The minimum Gasteiger partial charge on any atom is -0.493 e. The summed E-state index contributed by atoms with van der Waals surface area (Å²) in [5.41, 5.74) is 2.26. The first-order valence-corrected chi connectivity index (χ1v) is 17.3. The molecule has 3 aromatic carbocycles. The third-order valence-electron chi connectivity index (χ3n) is 7.33. The molecule has 0 amide bonds. The Morgan fingerprint density at radius 3 is 2.48 bits per heavy atom. The molecule has 0 unspecified atom stereocenters. The summed E-state index contributed by atoms with van der Waals surface area (Å²) in [5, 5.41) is 0.973. The van der Waals surface area contributed by atoms with Crippen LogP contribution in [0.3, 0.4) is 0 Å². The minimum absolute atomic E-state index is 0.0895. The van der Waals surface area contributed by atoms with E-state index in [0.29, 0.717) is 63.7 Å². The van der Waals surface area contributed by atoms with Crippen molar-refractivity contribution in [1.29, 1.82) is 0 Å². The Labute approximate surface area is 300 Å². The molecule has 4 aromatic rings. The molecule has 1 aliphatic heterocycles. The summed E-state index contributed by atoms with van der Waals surface area (Å²) < 4.78 is 31.5. The van der Waals surface area contributed by atoms with Gasteiger partial charge in [0.1, 0.15) is 6.61 Å². The number of thiazole rings is 1. The predicted octanol–water partition coefficient (Wildman–Crippen LogP) is 7.25. The third-order valence-corrected chi connectivity index (χ3v) is 9.35. The third kappa shape index (κ3) is 7.44. The van der Waals surface area contributed by atoms with Crippen LogP contribution in [0, 0.1) is 0 Å². The molecule has 0 bridgehead atoms. The quantitative estimate of drug-likeness (QED) is 0.148. The lowest BCUT2D eigenvalue weighted by Gasteiger charge is -2.25. The van der Waals surface area contributed by atoms with Crippen LogP contribution >= 0.6 is 50.5 Å². The van der Waals surface area contributed by atoms with E-state index in [2.05, 4.69) is 20.9 Å². The van der Waals surface area contributed by atoms with E-state index < -0.39 is 12.0 Å². The van der Waals surface area contributed by atoms with Gasteiger partial charge in [0.05, 0.1) is 48.8 Å². The topological polar surface area (TPSA) is 97.6 Å². The summed E-state index contributed by atoms with van der Waals surface area (Å²) in [6, 6.07) is 13.3. The number of nitrogens with zero attached hydrogens (tertiary/aromatic N) is 2. The first-order chi connectivity index (χ1) is 22.9. The minimum atomic E-state index is -0.843. The number of ether oxygens (including phenoxy) is 5. The number of methoxy groups -OCH3 is 2. The lowest BCUT2D eigenvalue weighted by molar-refractivity contribution is -0.139. The first kappa shape index (κ1) is 35.5. The Morgan fingerprint density at radius 1 is 1.06 bits per heavy atom. The molecular weight excluding hydrogens is 743 g/mol. The zero-order valence-electron chi connectivity index (χ0n) is 27.1. The van der Waals surface area contributed by atoms with Gasteiger partial charge in [0.25, 0.3) is 5.56 Å². The second kappa shape index (κ2) is 15.2. The number of benzene rings is 3. The van der Waals surface area contributed by atoms with E-state index in [-0.39, 0.29) is 30.5 Å². The monoisotopic (exact) mass is 774 g/mol. The van der Waals surface area contributed by atoms with Gasteiger partial charge in [-0.05, 0) is 75.7 Å². The maximum Gasteiger partial charge on any atom is 0.338 e. The van der Waals surface area contributed by atoms with E-state index in [4.69, 9.17) is 46.9 Å². The largest absolute Gasteiger partial charge is 0.493 e. The smallest absolute Gasteiger partial charge is 0.338 e. The Bertz CT molecular complexity index is 2090. The van der Waals surface area contributed by atoms with Crippen molar-refractivity contribution in [2.45, 2.75) is 46.4 Å². The Kier molecular flexibility index (Phi) is 11.2. The molecule has 252 valence electrons. The summed E-state index contributed by atoms with van der Waals surface area (Å²) in [6.45, 7) is 7.58. The first-order valence-electron chi connectivity index (χ1n) is 14.9. The van der Waals surface area contributed by atoms with E-state index in [0.717, 1.165) is 5.56 Å². The number of hydrogen-bond acceptors (Lipinski definition) is 9. The normalized spacial score (nSPS) is 14.5. The van der Waals surface area contributed by atoms with Gasteiger partial charge >= 0.3 is 5.97 Å². The molecule has 0 radical (unpaired) electrons. The molecule has 0 fully saturated rings. The maximum atomic E-state index is 14.3. The van der Waals surface area contributed by atoms with Gasteiger partial charge in [-0.25, -0.2) is 9.79 Å². The van der Waals surface area contributed by atoms with Crippen molar-refractivity contribution in [2.24, 2.45) is 4.99 Å². The zero-order chi connectivity index (χ0) is 34.7. The molecule has 0 N–H and O–H groups in total. The van der Waals surface area contributed by atoms with Crippen LogP contribution in [0.4, 0.5) is 0 Å². The highest BCUT2D eigenvalue weighted by Crippen LogP contribution is 2.38. The Hall–Kier alpha value is -3.77. The van der Waals surface area contributed by atoms with E-state index in [1.807, 2.05) is 26.0 Å². The van der Waals surface area contributed by atoms with Gasteiger partial charge in [-0.2, -0.15) is 0 Å². The maximum absolute atomic E-state index is 14.3. The molecule has 0 aliphatic carbocycles. The number of halogens is 3. The molecule has 13 heteroatoms. The van der Waals surface area contributed by atoms with Crippen molar-refractivity contribution in [2.75, 3.05) is 20.8 Å². The Morgan fingerprint density at radius 2 is 1.81 bits per heavy atom. The molecule has 9 nitrogen and oxygen atoms in total. The van der Waals surface area contributed by atoms with Gasteiger partial charge in [-0.3, -0.25) is 9.36 Å². The fraction of sp³-hybridized carbons (Fsp3) is 0.286. The average molecular weight is 777 g/mol. The van der Waals surface area contributed by atoms with E-state index in [1.54, 1.807) is 56.3 Å². The Balaban J connectivity index is 1.67. The van der Waals surface area contributed by atoms with E-state index in [1.165, 1.54) is 30.1 Å². The second-order valence-electron chi connectivity index (χ2n) is 10.9. The molecule has 1 aliphatic rings. The molecule has 2 heterocycles. The number of aromatic nitrogens is 1. The van der Waals surface area contributed by atoms with Crippen LogP contribution in [0.15, 0.2) is 74.1 Å². The van der Waals surface area contributed by atoms with Gasteiger partial charge in [-0.1, -0.05) is 62.6 Å². The van der Waals surface area contributed by atoms with Crippen LogP contribution in [-0.4, -0.2) is 37.5 Å². The van der Waals surface area contributed by atoms with Gasteiger partial charge in [-0.15, -0.1) is 0 Å². The highest BCUT2D eigenvalue weighted by Gasteiger charge is 2.34. The van der Waals surface area contributed by atoms with E-state index >= 15 is 0 Å². The molecule has 0 saturated heterocycles. The highest BCUT2D eigenvalue weighted by atomic mass is 79.9. The number of rotatable bonds is 11. The van der Waals surface area contributed by atoms with Crippen LogP contribution in [0.25, 0.3) is 6.08 Å². The average Bonchev–Trinajstić information content (AvgIpc) is 3.34. The molecule has 5 rings (SSSR count). The lowest BCUT2D eigenvalue weighted by Crippen LogP contribution is -2.40. The molecule has 48 heavy (non-hydrogen) atoms. The van der Waals surface area contributed by atoms with Crippen LogP contribution in [0.5, 0.6) is 23.0 Å². The molecule has 1 atom stereocenters. The number of esters is 1. The lowest BCUT2D eigenvalue weighted by atomic mass is 9.95. The van der Waals surface area contributed by atoms with Gasteiger partial charge in [0, 0.05) is 25.6 Å². The molecular formula is C35H33BrCl2N2O7S. The fourth-order valence-electron chi connectivity index (χ4n) is 5.24. The number of carbonyl (C=O) groups is 1.